The molecule has 1 aromatic heterocycles. The quantitative estimate of drug-likeness (QED) is 0.376. The maximum Gasteiger partial charge on any atom is 0.119 e. The molecule has 0 radical (unpaired) electrons. The first-order valence-electron chi connectivity index (χ1n) is 10.5. The minimum absolute atomic E-state index is 0.291. The van der Waals surface area contributed by atoms with Crippen molar-refractivity contribution in [2.45, 2.75) is 52.4 Å². The van der Waals surface area contributed by atoms with Gasteiger partial charge in [0.15, 0.2) is 0 Å². The molecular formula is C26H31NO. The van der Waals surface area contributed by atoms with E-state index in [-0.39, 0.29) is 0 Å². The number of hydrogen-bond donors (Lipinski definition) is 0. The molecule has 0 aliphatic carbocycles. The van der Waals surface area contributed by atoms with E-state index >= 15 is 0 Å². The van der Waals surface area contributed by atoms with Crippen LogP contribution in [0.25, 0.3) is 11.1 Å². The average Bonchev–Trinajstić information content (AvgIpc) is 2.75. The Morgan fingerprint density at radius 3 is 2.07 bits per heavy atom. The largest absolute Gasteiger partial charge is 0.494 e. The molecule has 3 rings (SSSR count). The zero-order chi connectivity index (χ0) is 19.8. The van der Waals surface area contributed by atoms with Gasteiger partial charge in [0, 0.05) is 17.8 Å². The highest BCUT2D eigenvalue weighted by molar-refractivity contribution is 5.64. The summed E-state index contributed by atoms with van der Waals surface area (Å²) in [6.07, 6.45) is 6.52. The number of ether oxygens (including phenoxy) is 1. The molecule has 0 amide bonds. The third-order valence-electron chi connectivity index (χ3n) is 5.19. The van der Waals surface area contributed by atoms with Gasteiger partial charge in [0.25, 0.3) is 0 Å². The molecule has 0 spiro atoms. The van der Waals surface area contributed by atoms with E-state index in [1.54, 1.807) is 0 Å². The zero-order valence-corrected chi connectivity index (χ0v) is 17.3. The van der Waals surface area contributed by atoms with Crippen molar-refractivity contribution in [1.82, 2.24) is 4.98 Å². The highest BCUT2D eigenvalue weighted by Crippen LogP contribution is 2.27. The molecule has 146 valence electrons. The topological polar surface area (TPSA) is 22.1 Å². The summed E-state index contributed by atoms with van der Waals surface area (Å²) in [5, 5.41) is 0. The van der Waals surface area contributed by atoms with Crippen LogP contribution in [0.2, 0.25) is 0 Å². The molecule has 0 saturated heterocycles. The van der Waals surface area contributed by atoms with Gasteiger partial charge in [-0.3, -0.25) is 4.98 Å². The van der Waals surface area contributed by atoms with E-state index < -0.39 is 0 Å². The fourth-order valence-electron chi connectivity index (χ4n) is 3.34. The Morgan fingerprint density at radius 1 is 0.821 bits per heavy atom. The summed E-state index contributed by atoms with van der Waals surface area (Å²) in [5.74, 6) is 1.24. The second-order valence-corrected chi connectivity index (χ2v) is 7.41. The summed E-state index contributed by atoms with van der Waals surface area (Å²) in [6.45, 7) is 7.38. The van der Waals surface area contributed by atoms with E-state index in [4.69, 9.17) is 4.74 Å². The minimum Gasteiger partial charge on any atom is -0.494 e. The van der Waals surface area contributed by atoms with Crippen LogP contribution in [0.1, 0.15) is 62.8 Å². The van der Waals surface area contributed by atoms with Crippen LogP contribution in [-0.2, 0) is 6.42 Å². The summed E-state index contributed by atoms with van der Waals surface area (Å²) in [7, 11) is 0. The van der Waals surface area contributed by atoms with E-state index in [1.165, 1.54) is 22.3 Å². The first kappa shape index (κ1) is 20.1. The Hall–Kier alpha value is -2.61. The predicted octanol–water partition coefficient (Wildman–Crippen LogP) is 7.03. The second-order valence-electron chi connectivity index (χ2n) is 7.41. The van der Waals surface area contributed by atoms with E-state index in [1.807, 2.05) is 6.20 Å². The normalized spacial score (nSPS) is 12.0. The van der Waals surface area contributed by atoms with Crippen LogP contribution in [0.15, 0.2) is 66.9 Å². The lowest BCUT2D eigenvalue weighted by molar-refractivity contribution is 0.309. The molecule has 2 aromatic carbocycles. The van der Waals surface area contributed by atoms with Crippen molar-refractivity contribution in [3.05, 3.63) is 83.7 Å². The number of aromatic nitrogens is 1. The average molecular weight is 374 g/mol. The lowest BCUT2D eigenvalue weighted by Gasteiger charge is -2.13. The van der Waals surface area contributed by atoms with E-state index in [0.29, 0.717) is 5.92 Å². The van der Waals surface area contributed by atoms with Crippen molar-refractivity contribution in [1.29, 1.82) is 0 Å². The summed E-state index contributed by atoms with van der Waals surface area (Å²) in [4.78, 5) is 4.68. The van der Waals surface area contributed by atoms with Crippen LogP contribution in [0.4, 0.5) is 0 Å². The number of hydrogen-bond acceptors (Lipinski definition) is 2. The Kier molecular flexibility index (Phi) is 7.25. The van der Waals surface area contributed by atoms with Gasteiger partial charge in [0.2, 0.25) is 0 Å². The highest BCUT2D eigenvalue weighted by atomic mass is 16.5. The monoisotopic (exact) mass is 373 g/mol. The maximum absolute atomic E-state index is 5.75. The van der Waals surface area contributed by atoms with Crippen LogP contribution in [-0.4, -0.2) is 11.6 Å². The Bertz CT molecular complexity index is 835. The first-order chi connectivity index (χ1) is 13.7. The van der Waals surface area contributed by atoms with Gasteiger partial charge in [-0.2, -0.15) is 0 Å². The molecule has 1 unspecified atom stereocenters. The van der Waals surface area contributed by atoms with Gasteiger partial charge in [-0.15, -0.1) is 0 Å². The fraction of sp³-hybridized carbons (Fsp3) is 0.346. The molecule has 28 heavy (non-hydrogen) atoms. The van der Waals surface area contributed by atoms with Crippen molar-refractivity contribution in [3.8, 4) is 16.9 Å². The number of benzene rings is 2. The number of pyridine rings is 1. The molecular weight excluding hydrogens is 342 g/mol. The van der Waals surface area contributed by atoms with Crippen molar-refractivity contribution in [2.24, 2.45) is 0 Å². The molecule has 0 aliphatic heterocycles. The summed E-state index contributed by atoms with van der Waals surface area (Å²) in [5.41, 5.74) is 6.17. The number of nitrogens with zero attached hydrogens (tertiary/aromatic N) is 1. The van der Waals surface area contributed by atoms with Crippen molar-refractivity contribution >= 4 is 0 Å². The summed E-state index contributed by atoms with van der Waals surface area (Å²) in [6, 6.07) is 21.6. The third-order valence-corrected chi connectivity index (χ3v) is 5.19. The summed E-state index contributed by atoms with van der Waals surface area (Å²) >= 11 is 0. The molecule has 2 nitrogen and oxygen atoms in total. The van der Waals surface area contributed by atoms with E-state index in [9.17, 15) is 0 Å². The van der Waals surface area contributed by atoms with Crippen molar-refractivity contribution < 1.29 is 4.74 Å². The molecule has 1 heterocycles. The Labute approximate surface area is 169 Å². The first-order valence-corrected chi connectivity index (χ1v) is 10.5. The summed E-state index contributed by atoms with van der Waals surface area (Å²) < 4.78 is 5.75. The molecule has 0 fully saturated rings. The van der Waals surface area contributed by atoms with E-state index in [0.717, 1.165) is 43.7 Å². The van der Waals surface area contributed by atoms with Gasteiger partial charge < -0.3 is 4.74 Å². The third kappa shape index (κ3) is 5.22. The molecule has 0 saturated carbocycles. The second kappa shape index (κ2) is 10.1. The van der Waals surface area contributed by atoms with Gasteiger partial charge in [0.05, 0.1) is 6.61 Å². The van der Waals surface area contributed by atoms with Gasteiger partial charge in [0.1, 0.15) is 5.75 Å². The SMILES string of the molecule is CCCCOc1ccc(-c2ccc(C(C)c3ccc(CCC)cn3)cc2)cc1. The number of aryl methyl sites for hydroxylation is 1. The molecule has 3 aromatic rings. The van der Waals surface area contributed by atoms with Crippen LogP contribution in [0, 0.1) is 0 Å². The standard InChI is InChI=1S/C26H31NO/c1-4-6-18-28-25-15-13-24(14-16-25)23-11-9-22(10-12-23)20(3)26-17-8-21(7-5-2)19-27-26/h8-17,19-20H,4-7,18H2,1-3H3. The van der Waals surface area contributed by atoms with Gasteiger partial charge >= 0.3 is 0 Å². The molecule has 1 atom stereocenters. The maximum atomic E-state index is 5.75. The van der Waals surface area contributed by atoms with Gasteiger partial charge in [-0.05, 0) is 53.3 Å². The Morgan fingerprint density at radius 2 is 1.50 bits per heavy atom. The lowest BCUT2D eigenvalue weighted by atomic mass is 9.94. The highest BCUT2D eigenvalue weighted by Gasteiger charge is 2.10. The van der Waals surface area contributed by atoms with E-state index in [2.05, 4.69) is 86.4 Å². The molecule has 0 N–H and O–H groups in total. The fourth-order valence-corrected chi connectivity index (χ4v) is 3.34. The minimum atomic E-state index is 0.291. The zero-order valence-electron chi connectivity index (χ0n) is 17.3. The lowest BCUT2D eigenvalue weighted by Crippen LogP contribution is -2.00. The van der Waals surface area contributed by atoms with Gasteiger partial charge in [-0.25, -0.2) is 0 Å². The molecule has 0 bridgehead atoms. The van der Waals surface area contributed by atoms with Gasteiger partial charge in [-0.1, -0.05) is 76.1 Å². The van der Waals surface area contributed by atoms with Crippen LogP contribution >= 0.6 is 0 Å². The smallest absolute Gasteiger partial charge is 0.119 e. The molecule has 2 heteroatoms. The van der Waals surface area contributed by atoms with Crippen molar-refractivity contribution in [3.63, 3.8) is 0 Å². The molecule has 0 aliphatic rings. The predicted molar refractivity (Wildman–Crippen MR) is 118 cm³/mol. The number of unbranched alkanes of at least 4 members (excludes halogenated alkanes) is 1. The Balaban J connectivity index is 1.67. The van der Waals surface area contributed by atoms with Crippen LogP contribution in [0.5, 0.6) is 5.75 Å². The van der Waals surface area contributed by atoms with Crippen LogP contribution in [0.3, 0.4) is 0 Å². The van der Waals surface area contributed by atoms with Crippen molar-refractivity contribution in [2.75, 3.05) is 6.61 Å². The van der Waals surface area contributed by atoms with Crippen LogP contribution < -0.4 is 4.74 Å². The number of rotatable bonds is 9.